The lowest BCUT2D eigenvalue weighted by Crippen LogP contribution is -2.10. The molecule has 146 valence electrons. The third kappa shape index (κ3) is 3.97. The summed E-state index contributed by atoms with van der Waals surface area (Å²) in [6.07, 6.45) is 0. The molecular formula is C21H18N4O3S. The number of anilines is 1. The van der Waals surface area contributed by atoms with Crippen LogP contribution in [0.25, 0.3) is 17.1 Å². The molecule has 4 aromatic rings. The zero-order valence-corrected chi connectivity index (χ0v) is 16.6. The van der Waals surface area contributed by atoms with Crippen molar-refractivity contribution >= 4 is 22.9 Å². The Morgan fingerprint density at radius 2 is 1.86 bits per heavy atom. The quantitative estimate of drug-likeness (QED) is 0.517. The van der Waals surface area contributed by atoms with Crippen LogP contribution in [0, 0.1) is 0 Å². The number of carbonyl (C=O) groups excluding carboxylic acids is 1. The number of carbonyl (C=O) groups is 1. The van der Waals surface area contributed by atoms with Crippen LogP contribution in [-0.2, 0) is 0 Å². The number of hydrogen-bond acceptors (Lipinski definition) is 6. The molecule has 2 aromatic heterocycles. The Balaban J connectivity index is 1.69. The summed E-state index contributed by atoms with van der Waals surface area (Å²) < 4.78 is 12.1. The third-order valence-corrected chi connectivity index (χ3v) is 5.08. The smallest absolute Gasteiger partial charge is 0.336 e. The number of methoxy groups -OCH3 is 2. The highest BCUT2D eigenvalue weighted by molar-refractivity contribution is 7.12. The average molecular weight is 406 g/mol. The van der Waals surface area contributed by atoms with Crippen LogP contribution in [-0.4, -0.2) is 34.9 Å². The van der Waals surface area contributed by atoms with E-state index < -0.39 is 0 Å². The minimum atomic E-state index is -0.149. The van der Waals surface area contributed by atoms with Crippen molar-refractivity contribution < 1.29 is 14.3 Å². The minimum absolute atomic E-state index is 0.149. The molecular weight excluding hydrogens is 388 g/mol. The van der Waals surface area contributed by atoms with Crippen molar-refractivity contribution in [1.29, 1.82) is 0 Å². The second-order valence-electron chi connectivity index (χ2n) is 6.04. The Bertz CT molecular complexity index is 1120. The predicted molar refractivity (Wildman–Crippen MR) is 112 cm³/mol. The van der Waals surface area contributed by atoms with Gasteiger partial charge in [0, 0.05) is 11.3 Å². The molecule has 0 spiro atoms. The fourth-order valence-electron chi connectivity index (χ4n) is 2.80. The number of benzene rings is 2. The second kappa shape index (κ2) is 8.15. The van der Waals surface area contributed by atoms with E-state index in [1.165, 1.54) is 18.4 Å². The summed E-state index contributed by atoms with van der Waals surface area (Å²) in [5.41, 5.74) is 2.27. The first kappa shape index (κ1) is 18.7. The van der Waals surface area contributed by atoms with Gasteiger partial charge in [0.1, 0.15) is 5.75 Å². The van der Waals surface area contributed by atoms with Gasteiger partial charge in [0.25, 0.3) is 5.91 Å². The molecule has 0 unspecified atom stereocenters. The molecule has 0 saturated heterocycles. The van der Waals surface area contributed by atoms with Crippen molar-refractivity contribution in [3.05, 3.63) is 70.9 Å². The maximum atomic E-state index is 12.4. The Morgan fingerprint density at radius 3 is 2.55 bits per heavy atom. The largest absolute Gasteiger partial charge is 0.497 e. The van der Waals surface area contributed by atoms with E-state index >= 15 is 0 Å². The molecule has 1 N–H and O–H groups in total. The summed E-state index contributed by atoms with van der Waals surface area (Å²) in [4.78, 5) is 17.5. The number of amides is 1. The average Bonchev–Trinajstić information content (AvgIpc) is 3.44. The summed E-state index contributed by atoms with van der Waals surface area (Å²) >= 11 is 1.39. The van der Waals surface area contributed by atoms with E-state index in [4.69, 9.17) is 9.47 Å². The van der Waals surface area contributed by atoms with Gasteiger partial charge in [-0.15, -0.1) is 16.4 Å². The third-order valence-electron chi connectivity index (χ3n) is 4.21. The Hall–Kier alpha value is -3.65. The topological polar surface area (TPSA) is 78.3 Å². The first-order chi connectivity index (χ1) is 14.2. The first-order valence-corrected chi connectivity index (χ1v) is 9.66. The molecule has 0 bridgehead atoms. The van der Waals surface area contributed by atoms with Gasteiger partial charge < -0.3 is 14.8 Å². The monoisotopic (exact) mass is 406 g/mol. The molecule has 2 aromatic carbocycles. The molecule has 1 amide bonds. The Kier molecular flexibility index (Phi) is 5.26. The fraction of sp³-hybridized carbons (Fsp3) is 0.0952. The second-order valence-corrected chi connectivity index (χ2v) is 6.99. The van der Waals surface area contributed by atoms with Gasteiger partial charge in [-0.1, -0.05) is 12.1 Å². The van der Waals surface area contributed by atoms with Gasteiger partial charge in [-0.3, -0.25) is 4.79 Å². The number of hydrogen-bond donors (Lipinski definition) is 1. The number of nitrogens with zero attached hydrogens (tertiary/aromatic N) is 3. The zero-order valence-electron chi connectivity index (χ0n) is 15.8. The Morgan fingerprint density at radius 1 is 1.03 bits per heavy atom. The number of aromatic nitrogens is 3. The SMILES string of the molecule is COc1ccc(-c2nc(OC)nn2-c2cccc(NC(=O)c3cccs3)c2)cc1. The maximum absolute atomic E-state index is 12.4. The highest BCUT2D eigenvalue weighted by Gasteiger charge is 2.15. The number of nitrogens with one attached hydrogen (secondary N) is 1. The molecule has 29 heavy (non-hydrogen) atoms. The van der Waals surface area contributed by atoms with E-state index in [1.807, 2.05) is 60.0 Å². The fourth-order valence-corrected chi connectivity index (χ4v) is 3.42. The van der Waals surface area contributed by atoms with Gasteiger partial charge in [0.05, 0.1) is 24.8 Å². The van der Waals surface area contributed by atoms with Gasteiger partial charge >= 0.3 is 6.01 Å². The van der Waals surface area contributed by atoms with Gasteiger partial charge in [-0.2, -0.15) is 4.98 Å². The van der Waals surface area contributed by atoms with Crippen LogP contribution in [0.5, 0.6) is 11.8 Å². The van der Waals surface area contributed by atoms with Crippen LogP contribution >= 0.6 is 11.3 Å². The molecule has 0 saturated carbocycles. The molecule has 0 aliphatic heterocycles. The molecule has 0 aliphatic carbocycles. The van der Waals surface area contributed by atoms with Crippen LogP contribution in [0.3, 0.4) is 0 Å². The van der Waals surface area contributed by atoms with Gasteiger partial charge in [-0.25, -0.2) is 4.68 Å². The number of thiophene rings is 1. The van der Waals surface area contributed by atoms with Crippen molar-refractivity contribution in [3.8, 4) is 28.8 Å². The lowest BCUT2D eigenvalue weighted by atomic mass is 10.2. The molecule has 2 heterocycles. The van der Waals surface area contributed by atoms with E-state index in [-0.39, 0.29) is 11.9 Å². The zero-order chi connectivity index (χ0) is 20.2. The van der Waals surface area contributed by atoms with Gasteiger partial charge in [0.15, 0.2) is 5.82 Å². The van der Waals surface area contributed by atoms with Gasteiger partial charge in [-0.05, 0) is 53.9 Å². The van der Waals surface area contributed by atoms with E-state index in [0.717, 1.165) is 17.0 Å². The van der Waals surface area contributed by atoms with E-state index in [2.05, 4.69) is 15.4 Å². The van der Waals surface area contributed by atoms with Crippen molar-refractivity contribution in [2.75, 3.05) is 19.5 Å². The summed E-state index contributed by atoms with van der Waals surface area (Å²) in [7, 11) is 3.14. The standard InChI is InChI=1S/C21H18N4O3S/c1-27-17-10-8-14(9-11-17)19-23-21(28-2)24-25(19)16-6-3-5-15(13-16)22-20(26)18-7-4-12-29-18/h3-13H,1-2H3,(H,22,26). The van der Waals surface area contributed by atoms with Crippen molar-refractivity contribution in [2.45, 2.75) is 0 Å². The molecule has 7 nitrogen and oxygen atoms in total. The molecule has 0 fully saturated rings. The van der Waals surface area contributed by atoms with Crippen LogP contribution in [0.15, 0.2) is 66.0 Å². The molecule has 4 rings (SSSR count). The van der Waals surface area contributed by atoms with E-state index in [9.17, 15) is 4.79 Å². The molecule has 0 aliphatic rings. The Labute approximate surface area is 171 Å². The predicted octanol–water partition coefficient (Wildman–Crippen LogP) is 4.27. The van der Waals surface area contributed by atoms with Crippen molar-refractivity contribution in [2.24, 2.45) is 0 Å². The van der Waals surface area contributed by atoms with Crippen LogP contribution in [0.1, 0.15) is 9.67 Å². The van der Waals surface area contributed by atoms with Crippen LogP contribution < -0.4 is 14.8 Å². The summed E-state index contributed by atoms with van der Waals surface area (Å²) in [5, 5.41) is 9.21. The minimum Gasteiger partial charge on any atom is -0.497 e. The highest BCUT2D eigenvalue weighted by atomic mass is 32.1. The molecule has 8 heteroatoms. The summed E-state index contributed by atoms with van der Waals surface area (Å²) in [5.74, 6) is 1.22. The highest BCUT2D eigenvalue weighted by Crippen LogP contribution is 2.26. The number of ether oxygens (including phenoxy) is 2. The lowest BCUT2D eigenvalue weighted by molar-refractivity contribution is 0.103. The summed E-state index contributed by atoms with van der Waals surface area (Å²) in [6, 6.07) is 18.8. The number of rotatable bonds is 6. The van der Waals surface area contributed by atoms with Crippen LogP contribution in [0.4, 0.5) is 5.69 Å². The first-order valence-electron chi connectivity index (χ1n) is 8.78. The van der Waals surface area contributed by atoms with Crippen molar-refractivity contribution in [3.63, 3.8) is 0 Å². The summed E-state index contributed by atoms with van der Waals surface area (Å²) in [6.45, 7) is 0. The van der Waals surface area contributed by atoms with E-state index in [1.54, 1.807) is 17.9 Å². The van der Waals surface area contributed by atoms with Crippen molar-refractivity contribution in [1.82, 2.24) is 14.8 Å². The molecule has 0 radical (unpaired) electrons. The van der Waals surface area contributed by atoms with Gasteiger partial charge in [0.2, 0.25) is 0 Å². The molecule has 0 atom stereocenters. The van der Waals surface area contributed by atoms with Crippen LogP contribution in [0.2, 0.25) is 0 Å². The lowest BCUT2D eigenvalue weighted by Gasteiger charge is -2.09. The normalized spacial score (nSPS) is 10.6. The van der Waals surface area contributed by atoms with E-state index in [0.29, 0.717) is 16.4 Å². The maximum Gasteiger partial charge on any atom is 0.336 e.